The number of aliphatic carboxylic acids is 1. The fraction of sp³-hybridized carbons (Fsp3) is 0.588. The van der Waals surface area contributed by atoms with Gasteiger partial charge in [0.25, 0.3) is 0 Å². The summed E-state index contributed by atoms with van der Waals surface area (Å²) in [4.78, 5) is 17.6. The summed E-state index contributed by atoms with van der Waals surface area (Å²) in [5, 5.41) is 21.4. The molecule has 3 rings (SSSR count). The number of nitrogens with zero attached hydrogens (tertiary/aromatic N) is 3. The molecule has 0 unspecified atom stereocenters. The molecule has 1 heterocycles. The number of carboxylic acids is 1. The van der Waals surface area contributed by atoms with Crippen LogP contribution in [-0.4, -0.2) is 46.1 Å². The van der Waals surface area contributed by atoms with Gasteiger partial charge in [-0.15, -0.1) is 0 Å². The fourth-order valence-electron chi connectivity index (χ4n) is 3.12. The Morgan fingerprint density at radius 2 is 2.22 bits per heavy atom. The summed E-state index contributed by atoms with van der Waals surface area (Å²) in [6, 6.07) is 6.41. The number of aromatic nitrogens is 1. The number of anilines is 1. The Hall–Kier alpha value is -2.13. The Balaban J connectivity index is 1.52. The lowest BCUT2D eigenvalue weighted by molar-refractivity contribution is -0.139. The van der Waals surface area contributed by atoms with Gasteiger partial charge in [-0.2, -0.15) is 5.26 Å². The van der Waals surface area contributed by atoms with E-state index in [2.05, 4.69) is 21.3 Å². The first kappa shape index (κ1) is 15.8. The number of carbonyl (C=O) groups is 1. The van der Waals surface area contributed by atoms with Crippen molar-refractivity contribution >= 4 is 11.8 Å². The van der Waals surface area contributed by atoms with Gasteiger partial charge in [-0.25, -0.2) is 4.98 Å². The van der Waals surface area contributed by atoms with E-state index in [-0.39, 0.29) is 6.54 Å². The van der Waals surface area contributed by atoms with Crippen LogP contribution in [0, 0.1) is 24.2 Å². The minimum absolute atomic E-state index is 0.141. The molecule has 0 aromatic carbocycles. The third kappa shape index (κ3) is 3.99. The van der Waals surface area contributed by atoms with Crippen LogP contribution in [0.4, 0.5) is 5.82 Å². The van der Waals surface area contributed by atoms with Crippen LogP contribution in [0.2, 0.25) is 0 Å². The third-order valence-corrected chi connectivity index (χ3v) is 4.72. The second kappa shape index (κ2) is 6.55. The van der Waals surface area contributed by atoms with Crippen molar-refractivity contribution in [3.63, 3.8) is 0 Å². The molecule has 2 fully saturated rings. The Morgan fingerprint density at radius 1 is 1.48 bits per heavy atom. The minimum Gasteiger partial charge on any atom is -0.480 e. The largest absolute Gasteiger partial charge is 0.480 e. The molecule has 6 heteroatoms. The van der Waals surface area contributed by atoms with E-state index in [1.807, 2.05) is 13.0 Å². The predicted octanol–water partition coefficient (Wildman–Crippen LogP) is 2.00. The quantitative estimate of drug-likeness (QED) is 0.800. The van der Waals surface area contributed by atoms with Crippen LogP contribution in [0.25, 0.3) is 0 Å². The molecular formula is C17H22N4O2. The SMILES string of the molecule is Cc1nc(NC2CC(N(CC(=O)O)CC3CC3)C2)ccc1C#N. The molecule has 2 aliphatic rings. The van der Waals surface area contributed by atoms with Gasteiger partial charge in [0.2, 0.25) is 0 Å². The van der Waals surface area contributed by atoms with E-state index >= 15 is 0 Å². The lowest BCUT2D eigenvalue weighted by Crippen LogP contribution is -2.52. The lowest BCUT2D eigenvalue weighted by Gasteiger charge is -2.43. The average molecular weight is 314 g/mol. The van der Waals surface area contributed by atoms with E-state index in [0.29, 0.717) is 23.6 Å². The van der Waals surface area contributed by atoms with Gasteiger partial charge < -0.3 is 10.4 Å². The van der Waals surface area contributed by atoms with Crippen LogP contribution in [0.5, 0.6) is 0 Å². The monoisotopic (exact) mass is 314 g/mol. The Labute approximate surface area is 136 Å². The van der Waals surface area contributed by atoms with Crippen molar-refractivity contribution in [3.05, 3.63) is 23.4 Å². The van der Waals surface area contributed by atoms with Crippen molar-refractivity contribution in [2.75, 3.05) is 18.4 Å². The molecule has 2 aliphatic carbocycles. The lowest BCUT2D eigenvalue weighted by atomic mass is 9.85. The summed E-state index contributed by atoms with van der Waals surface area (Å²) in [6.45, 7) is 2.89. The first-order valence-electron chi connectivity index (χ1n) is 8.15. The molecule has 0 saturated heterocycles. The van der Waals surface area contributed by atoms with Crippen LogP contribution in [0.15, 0.2) is 12.1 Å². The van der Waals surface area contributed by atoms with Crippen LogP contribution in [-0.2, 0) is 4.79 Å². The summed E-state index contributed by atoms with van der Waals surface area (Å²) in [5.74, 6) is 0.743. The summed E-state index contributed by atoms with van der Waals surface area (Å²) in [7, 11) is 0. The number of nitrogens with one attached hydrogen (secondary N) is 1. The molecule has 0 aliphatic heterocycles. The summed E-state index contributed by atoms with van der Waals surface area (Å²) < 4.78 is 0. The molecule has 1 aromatic rings. The van der Waals surface area contributed by atoms with Gasteiger partial charge in [-0.1, -0.05) is 0 Å². The van der Waals surface area contributed by atoms with Gasteiger partial charge in [0.05, 0.1) is 17.8 Å². The molecule has 0 radical (unpaired) electrons. The van der Waals surface area contributed by atoms with Crippen molar-refractivity contribution in [1.82, 2.24) is 9.88 Å². The fourth-order valence-corrected chi connectivity index (χ4v) is 3.12. The number of carboxylic acid groups (broad SMARTS) is 1. The maximum atomic E-state index is 11.0. The zero-order valence-electron chi connectivity index (χ0n) is 13.3. The Bertz CT molecular complexity index is 630. The summed E-state index contributed by atoms with van der Waals surface area (Å²) in [5.41, 5.74) is 1.33. The standard InChI is InChI=1S/C17H22N4O2/c1-11-13(8-18)4-5-16(19-11)20-14-6-15(7-14)21(10-17(22)23)9-12-2-3-12/h4-5,12,14-15H,2-3,6-7,9-10H2,1H3,(H,19,20)(H,22,23). The number of hydrogen-bond donors (Lipinski definition) is 2. The van der Waals surface area contributed by atoms with E-state index in [0.717, 1.165) is 30.9 Å². The zero-order chi connectivity index (χ0) is 16.4. The predicted molar refractivity (Wildman–Crippen MR) is 86.1 cm³/mol. The third-order valence-electron chi connectivity index (χ3n) is 4.72. The van der Waals surface area contributed by atoms with Gasteiger partial charge in [-0.3, -0.25) is 9.69 Å². The van der Waals surface area contributed by atoms with E-state index < -0.39 is 5.97 Å². The van der Waals surface area contributed by atoms with Crippen molar-refractivity contribution in [2.45, 2.75) is 44.7 Å². The topological polar surface area (TPSA) is 89.2 Å². The van der Waals surface area contributed by atoms with Crippen LogP contribution in [0.1, 0.15) is 36.9 Å². The van der Waals surface area contributed by atoms with E-state index in [1.165, 1.54) is 12.8 Å². The average Bonchev–Trinajstić information content (AvgIpc) is 3.25. The molecule has 2 N–H and O–H groups in total. The number of nitriles is 1. The highest BCUT2D eigenvalue weighted by Crippen LogP contribution is 2.34. The molecular weight excluding hydrogens is 292 g/mol. The maximum Gasteiger partial charge on any atom is 0.317 e. The first-order chi connectivity index (χ1) is 11.0. The van der Waals surface area contributed by atoms with Crippen LogP contribution >= 0.6 is 0 Å². The molecule has 0 atom stereocenters. The number of rotatable bonds is 7. The summed E-state index contributed by atoms with van der Waals surface area (Å²) in [6.07, 6.45) is 4.36. The van der Waals surface area contributed by atoms with E-state index in [4.69, 9.17) is 10.4 Å². The molecule has 6 nitrogen and oxygen atoms in total. The normalized spacial score (nSPS) is 23.2. The van der Waals surface area contributed by atoms with Gasteiger partial charge in [0.15, 0.2) is 0 Å². The number of aryl methyl sites for hydroxylation is 1. The molecule has 0 bridgehead atoms. The second-order valence-electron chi connectivity index (χ2n) is 6.67. The van der Waals surface area contributed by atoms with E-state index in [9.17, 15) is 4.79 Å². The van der Waals surface area contributed by atoms with Gasteiger partial charge in [-0.05, 0) is 50.7 Å². The second-order valence-corrected chi connectivity index (χ2v) is 6.67. The molecule has 2 saturated carbocycles. The van der Waals surface area contributed by atoms with Gasteiger partial charge in [0, 0.05) is 18.6 Å². The van der Waals surface area contributed by atoms with Crippen molar-refractivity contribution in [1.29, 1.82) is 5.26 Å². The number of hydrogen-bond acceptors (Lipinski definition) is 5. The van der Waals surface area contributed by atoms with Crippen molar-refractivity contribution in [2.24, 2.45) is 5.92 Å². The van der Waals surface area contributed by atoms with Crippen molar-refractivity contribution in [3.8, 4) is 6.07 Å². The van der Waals surface area contributed by atoms with Gasteiger partial charge in [0.1, 0.15) is 11.9 Å². The van der Waals surface area contributed by atoms with Crippen molar-refractivity contribution < 1.29 is 9.90 Å². The van der Waals surface area contributed by atoms with Gasteiger partial charge >= 0.3 is 5.97 Å². The Morgan fingerprint density at radius 3 is 2.78 bits per heavy atom. The Kier molecular flexibility index (Phi) is 4.49. The van der Waals surface area contributed by atoms with Crippen LogP contribution in [0.3, 0.4) is 0 Å². The summed E-state index contributed by atoms with van der Waals surface area (Å²) >= 11 is 0. The molecule has 1 aromatic heterocycles. The smallest absolute Gasteiger partial charge is 0.317 e. The van der Waals surface area contributed by atoms with E-state index in [1.54, 1.807) is 6.07 Å². The highest BCUT2D eigenvalue weighted by atomic mass is 16.4. The highest BCUT2D eigenvalue weighted by Gasteiger charge is 2.37. The maximum absolute atomic E-state index is 11.0. The van der Waals surface area contributed by atoms with Crippen LogP contribution < -0.4 is 5.32 Å². The first-order valence-corrected chi connectivity index (χ1v) is 8.15. The molecule has 0 spiro atoms. The zero-order valence-corrected chi connectivity index (χ0v) is 13.3. The minimum atomic E-state index is -0.744. The molecule has 23 heavy (non-hydrogen) atoms. The molecule has 0 amide bonds. The molecule has 122 valence electrons. The number of pyridine rings is 1. The highest BCUT2D eigenvalue weighted by molar-refractivity contribution is 5.69.